The van der Waals surface area contributed by atoms with Gasteiger partial charge in [0.05, 0.1) is 0 Å². The van der Waals surface area contributed by atoms with E-state index in [-0.39, 0.29) is 24.4 Å². The predicted octanol–water partition coefficient (Wildman–Crippen LogP) is 0.0467. The van der Waals surface area contributed by atoms with Crippen LogP contribution in [0.15, 0.2) is 0 Å². The number of amides is 4. The molecule has 0 radical (unpaired) electrons. The molecule has 0 aromatic heterocycles. The lowest BCUT2D eigenvalue weighted by Crippen LogP contribution is -2.46. The van der Waals surface area contributed by atoms with Crippen LogP contribution in [0, 0.1) is 11.8 Å². The summed E-state index contributed by atoms with van der Waals surface area (Å²) in [6, 6.07) is -0.238. The second-order valence-electron chi connectivity index (χ2n) is 7.57. The average molecular weight is 320 g/mol. The molecule has 0 aromatic carbocycles. The van der Waals surface area contributed by atoms with E-state index in [0.717, 1.165) is 30.6 Å². The molecular formula is C16H24N4O3. The Labute approximate surface area is 135 Å². The minimum Gasteiger partial charge on any atom is -0.341 e. The SMILES string of the molecule is NC1CCC2CN(C(=O)CN3C(=O)NC4(CCCC4)C3=O)CC12. The number of hydrogen-bond donors (Lipinski definition) is 2. The number of imide groups is 1. The van der Waals surface area contributed by atoms with E-state index in [1.165, 1.54) is 0 Å². The van der Waals surface area contributed by atoms with Gasteiger partial charge in [0.25, 0.3) is 5.91 Å². The first-order chi connectivity index (χ1) is 11.0. The summed E-state index contributed by atoms with van der Waals surface area (Å²) in [7, 11) is 0. The van der Waals surface area contributed by atoms with Gasteiger partial charge in [0, 0.05) is 19.1 Å². The normalized spacial score (nSPS) is 35.3. The number of rotatable bonds is 2. The maximum Gasteiger partial charge on any atom is 0.325 e. The van der Waals surface area contributed by atoms with E-state index in [1.54, 1.807) is 4.90 Å². The van der Waals surface area contributed by atoms with Gasteiger partial charge < -0.3 is 16.0 Å². The van der Waals surface area contributed by atoms with Crippen molar-refractivity contribution < 1.29 is 14.4 Å². The van der Waals surface area contributed by atoms with E-state index in [0.29, 0.717) is 37.8 Å². The molecule has 126 valence electrons. The highest BCUT2D eigenvalue weighted by molar-refractivity contribution is 6.09. The lowest BCUT2D eigenvalue weighted by Gasteiger charge is -2.22. The fraction of sp³-hybridized carbons (Fsp3) is 0.812. The zero-order valence-corrected chi connectivity index (χ0v) is 13.3. The van der Waals surface area contributed by atoms with Gasteiger partial charge in [-0.1, -0.05) is 12.8 Å². The third-order valence-electron chi connectivity index (χ3n) is 6.26. The first kappa shape index (κ1) is 14.9. The number of nitrogens with zero attached hydrogens (tertiary/aromatic N) is 2. The largest absolute Gasteiger partial charge is 0.341 e. The van der Waals surface area contributed by atoms with Crippen LogP contribution in [0.25, 0.3) is 0 Å². The topological polar surface area (TPSA) is 95.7 Å². The summed E-state index contributed by atoms with van der Waals surface area (Å²) in [5, 5.41) is 2.82. The molecule has 23 heavy (non-hydrogen) atoms. The van der Waals surface area contributed by atoms with Crippen LogP contribution in [0.3, 0.4) is 0 Å². The molecule has 4 aliphatic rings. The summed E-state index contributed by atoms with van der Waals surface area (Å²) in [5.41, 5.74) is 5.37. The van der Waals surface area contributed by atoms with Gasteiger partial charge in [0.15, 0.2) is 0 Å². The first-order valence-electron chi connectivity index (χ1n) is 8.68. The summed E-state index contributed by atoms with van der Waals surface area (Å²) >= 11 is 0. The van der Waals surface area contributed by atoms with Crippen LogP contribution in [0.1, 0.15) is 38.5 Å². The van der Waals surface area contributed by atoms with Crippen LogP contribution < -0.4 is 11.1 Å². The first-order valence-corrected chi connectivity index (χ1v) is 8.68. The molecule has 2 aliphatic carbocycles. The second-order valence-corrected chi connectivity index (χ2v) is 7.57. The van der Waals surface area contributed by atoms with Crippen LogP contribution in [-0.4, -0.2) is 58.9 Å². The van der Waals surface area contributed by atoms with Crippen LogP contribution in [0.5, 0.6) is 0 Å². The Morgan fingerprint density at radius 3 is 2.65 bits per heavy atom. The minimum atomic E-state index is -0.735. The number of likely N-dealkylation sites (tertiary alicyclic amines) is 1. The number of carbonyl (C=O) groups excluding carboxylic acids is 3. The van der Waals surface area contributed by atoms with Crippen molar-refractivity contribution in [3.63, 3.8) is 0 Å². The third-order valence-corrected chi connectivity index (χ3v) is 6.26. The maximum atomic E-state index is 12.6. The van der Waals surface area contributed by atoms with Crippen LogP contribution in [-0.2, 0) is 9.59 Å². The fourth-order valence-electron chi connectivity index (χ4n) is 4.88. The Kier molecular flexibility index (Phi) is 3.37. The predicted molar refractivity (Wildman–Crippen MR) is 82.2 cm³/mol. The lowest BCUT2D eigenvalue weighted by molar-refractivity contribution is -0.138. The Balaban J connectivity index is 1.41. The van der Waals surface area contributed by atoms with E-state index in [2.05, 4.69) is 5.32 Å². The molecule has 3 unspecified atom stereocenters. The van der Waals surface area contributed by atoms with Crippen molar-refractivity contribution in [1.82, 2.24) is 15.1 Å². The molecule has 0 aromatic rings. The summed E-state index contributed by atoms with van der Waals surface area (Å²) in [4.78, 5) is 40.2. The molecule has 3 atom stereocenters. The van der Waals surface area contributed by atoms with Crippen molar-refractivity contribution in [2.45, 2.75) is 50.1 Å². The zero-order chi connectivity index (χ0) is 16.2. The van der Waals surface area contributed by atoms with Crippen molar-refractivity contribution in [2.75, 3.05) is 19.6 Å². The van der Waals surface area contributed by atoms with Gasteiger partial charge in [-0.2, -0.15) is 0 Å². The number of nitrogens with two attached hydrogens (primary N) is 1. The number of fused-ring (bicyclic) bond motifs is 1. The highest BCUT2D eigenvalue weighted by Crippen LogP contribution is 2.38. The van der Waals surface area contributed by atoms with E-state index < -0.39 is 11.6 Å². The summed E-state index contributed by atoms with van der Waals surface area (Å²) in [5.74, 6) is 0.510. The molecular weight excluding hydrogens is 296 g/mol. The fourth-order valence-corrected chi connectivity index (χ4v) is 4.88. The number of carbonyl (C=O) groups is 3. The lowest BCUT2D eigenvalue weighted by atomic mass is 9.98. The van der Waals surface area contributed by atoms with Gasteiger partial charge in [-0.3, -0.25) is 14.5 Å². The Bertz CT molecular complexity index is 558. The number of nitrogens with one attached hydrogen (secondary N) is 1. The van der Waals surface area contributed by atoms with Crippen LogP contribution in [0.2, 0.25) is 0 Å². The molecule has 0 bridgehead atoms. The monoisotopic (exact) mass is 320 g/mol. The smallest absolute Gasteiger partial charge is 0.325 e. The number of hydrogen-bond acceptors (Lipinski definition) is 4. The molecule has 3 N–H and O–H groups in total. The molecule has 4 fully saturated rings. The summed E-state index contributed by atoms with van der Waals surface area (Å²) in [6.07, 6.45) is 5.37. The van der Waals surface area contributed by atoms with Gasteiger partial charge in [-0.25, -0.2) is 4.79 Å². The minimum absolute atomic E-state index is 0.134. The summed E-state index contributed by atoms with van der Waals surface area (Å²) < 4.78 is 0. The van der Waals surface area contributed by atoms with Crippen molar-refractivity contribution >= 4 is 17.8 Å². The van der Waals surface area contributed by atoms with E-state index in [9.17, 15) is 14.4 Å². The highest BCUT2D eigenvalue weighted by atomic mass is 16.2. The van der Waals surface area contributed by atoms with Crippen molar-refractivity contribution in [3.05, 3.63) is 0 Å². The van der Waals surface area contributed by atoms with E-state index in [1.807, 2.05) is 0 Å². The Morgan fingerprint density at radius 2 is 1.96 bits per heavy atom. The highest BCUT2D eigenvalue weighted by Gasteiger charge is 2.53. The Hall–Kier alpha value is -1.63. The third kappa shape index (κ3) is 2.24. The average Bonchev–Trinajstić information content (AvgIpc) is 3.25. The molecule has 1 spiro atoms. The van der Waals surface area contributed by atoms with Crippen LogP contribution >= 0.6 is 0 Å². The van der Waals surface area contributed by atoms with Gasteiger partial charge in [-0.15, -0.1) is 0 Å². The molecule has 4 rings (SSSR count). The molecule has 4 amide bonds. The zero-order valence-electron chi connectivity index (χ0n) is 13.3. The Morgan fingerprint density at radius 1 is 1.22 bits per heavy atom. The van der Waals surface area contributed by atoms with Gasteiger partial charge >= 0.3 is 6.03 Å². The molecule has 7 heteroatoms. The van der Waals surface area contributed by atoms with Gasteiger partial charge in [0.2, 0.25) is 5.91 Å². The van der Waals surface area contributed by atoms with E-state index >= 15 is 0 Å². The molecule has 2 aliphatic heterocycles. The standard InChI is InChI=1S/C16H24N4O3/c17-12-4-3-10-7-19(8-11(10)12)13(21)9-20-14(22)16(18-15(20)23)5-1-2-6-16/h10-12H,1-9,17H2,(H,18,23). The van der Waals surface area contributed by atoms with Gasteiger partial charge in [0.1, 0.15) is 12.1 Å². The molecule has 2 saturated carbocycles. The van der Waals surface area contributed by atoms with E-state index in [4.69, 9.17) is 5.73 Å². The number of urea groups is 1. The molecule has 7 nitrogen and oxygen atoms in total. The molecule has 2 heterocycles. The second kappa shape index (κ2) is 5.19. The summed E-state index contributed by atoms with van der Waals surface area (Å²) in [6.45, 7) is 1.24. The maximum absolute atomic E-state index is 12.6. The van der Waals surface area contributed by atoms with Crippen LogP contribution in [0.4, 0.5) is 4.79 Å². The molecule has 2 saturated heterocycles. The van der Waals surface area contributed by atoms with Crippen molar-refractivity contribution in [1.29, 1.82) is 0 Å². The van der Waals surface area contributed by atoms with Gasteiger partial charge in [-0.05, 0) is 37.5 Å². The van der Waals surface area contributed by atoms with Crippen molar-refractivity contribution in [2.24, 2.45) is 17.6 Å². The quantitative estimate of drug-likeness (QED) is 0.703. The van der Waals surface area contributed by atoms with Crippen molar-refractivity contribution in [3.8, 4) is 0 Å².